The molecule has 6 heteroatoms. The van der Waals surface area contributed by atoms with Gasteiger partial charge in [0.05, 0.1) is 6.33 Å². The number of terminal acetylenes is 1. The van der Waals surface area contributed by atoms with Crippen LogP contribution in [0.3, 0.4) is 0 Å². The SMILES string of the molecule is C#COc1nc(N)nc2c1ncn2C(C)C. The van der Waals surface area contributed by atoms with Gasteiger partial charge >= 0.3 is 0 Å². The van der Waals surface area contributed by atoms with Crippen LogP contribution in [0.15, 0.2) is 6.33 Å². The van der Waals surface area contributed by atoms with E-state index in [1.807, 2.05) is 24.5 Å². The minimum atomic E-state index is 0.111. The van der Waals surface area contributed by atoms with Gasteiger partial charge in [0.25, 0.3) is 5.88 Å². The number of imidazole rings is 1. The maximum atomic E-state index is 5.57. The van der Waals surface area contributed by atoms with Crippen molar-refractivity contribution >= 4 is 17.1 Å². The van der Waals surface area contributed by atoms with Crippen LogP contribution in [0.5, 0.6) is 5.88 Å². The molecule has 0 saturated carbocycles. The summed E-state index contributed by atoms with van der Waals surface area (Å²) in [5.41, 5.74) is 6.70. The third-order valence-corrected chi connectivity index (χ3v) is 2.12. The lowest BCUT2D eigenvalue weighted by Crippen LogP contribution is -2.03. The van der Waals surface area contributed by atoms with E-state index in [-0.39, 0.29) is 17.9 Å². The Bertz CT molecular complexity index is 566. The van der Waals surface area contributed by atoms with Crippen LogP contribution in [-0.4, -0.2) is 19.5 Å². The first-order valence-electron chi connectivity index (χ1n) is 4.76. The second-order valence-electron chi connectivity index (χ2n) is 3.52. The molecule has 0 aromatic carbocycles. The first kappa shape index (κ1) is 10.2. The number of ether oxygens (including phenoxy) is 1. The van der Waals surface area contributed by atoms with Crippen LogP contribution < -0.4 is 10.5 Å². The molecule has 0 atom stereocenters. The van der Waals surface area contributed by atoms with Gasteiger partial charge < -0.3 is 15.0 Å². The summed E-state index contributed by atoms with van der Waals surface area (Å²) in [6, 6.07) is 0.220. The molecule has 0 aliphatic heterocycles. The molecular weight excluding hydrogens is 206 g/mol. The van der Waals surface area contributed by atoms with Crippen molar-refractivity contribution < 1.29 is 4.74 Å². The van der Waals surface area contributed by atoms with E-state index in [2.05, 4.69) is 15.0 Å². The fourth-order valence-electron chi connectivity index (χ4n) is 1.41. The van der Waals surface area contributed by atoms with E-state index in [0.717, 1.165) is 0 Å². The quantitative estimate of drug-likeness (QED) is 0.758. The fourth-order valence-corrected chi connectivity index (χ4v) is 1.41. The van der Waals surface area contributed by atoms with Gasteiger partial charge in [0, 0.05) is 6.04 Å². The summed E-state index contributed by atoms with van der Waals surface area (Å²) in [5, 5.41) is 0. The highest BCUT2D eigenvalue weighted by Gasteiger charge is 2.14. The molecule has 0 radical (unpaired) electrons. The van der Waals surface area contributed by atoms with Gasteiger partial charge in [0.2, 0.25) is 5.95 Å². The number of aromatic nitrogens is 4. The molecule has 2 heterocycles. The second kappa shape index (κ2) is 3.70. The maximum Gasteiger partial charge on any atom is 0.263 e. The van der Waals surface area contributed by atoms with Crippen molar-refractivity contribution in [1.82, 2.24) is 19.5 Å². The number of fused-ring (bicyclic) bond motifs is 1. The van der Waals surface area contributed by atoms with Gasteiger partial charge in [0.1, 0.15) is 6.11 Å². The van der Waals surface area contributed by atoms with Crippen LogP contribution in [0.4, 0.5) is 5.95 Å². The topological polar surface area (TPSA) is 78.8 Å². The average molecular weight is 217 g/mol. The number of nitrogens with zero attached hydrogens (tertiary/aromatic N) is 4. The number of hydrogen-bond donors (Lipinski definition) is 1. The summed E-state index contributed by atoms with van der Waals surface area (Å²) in [6.07, 6.45) is 8.77. The Morgan fingerprint density at radius 1 is 1.50 bits per heavy atom. The Labute approximate surface area is 92.5 Å². The number of hydrogen-bond acceptors (Lipinski definition) is 5. The summed E-state index contributed by atoms with van der Waals surface area (Å²) in [6.45, 7) is 4.03. The zero-order valence-electron chi connectivity index (χ0n) is 9.01. The molecule has 0 aliphatic carbocycles. The lowest BCUT2D eigenvalue weighted by molar-refractivity contribution is 0.504. The van der Waals surface area contributed by atoms with Crippen LogP contribution >= 0.6 is 0 Å². The van der Waals surface area contributed by atoms with E-state index < -0.39 is 0 Å². The Balaban J connectivity index is 2.71. The maximum absolute atomic E-state index is 5.57. The Hall–Kier alpha value is -2.29. The van der Waals surface area contributed by atoms with Crippen molar-refractivity contribution in [3.8, 4) is 18.4 Å². The molecule has 0 spiro atoms. The van der Waals surface area contributed by atoms with Gasteiger partial charge in [-0.2, -0.15) is 9.97 Å². The van der Waals surface area contributed by atoms with Gasteiger partial charge in [-0.3, -0.25) is 0 Å². The molecule has 0 aliphatic rings. The molecule has 0 saturated heterocycles. The van der Waals surface area contributed by atoms with Crippen LogP contribution in [0.2, 0.25) is 0 Å². The standard InChI is InChI=1S/C10H11N5O/c1-4-16-9-7-8(13-10(11)14-9)15(5-12-7)6(2)3/h1,5-6H,2-3H3,(H2,11,13,14). The van der Waals surface area contributed by atoms with E-state index >= 15 is 0 Å². The van der Waals surface area contributed by atoms with E-state index in [4.69, 9.17) is 16.9 Å². The van der Waals surface area contributed by atoms with Gasteiger partial charge in [-0.15, -0.1) is 0 Å². The van der Waals surface area contributed by atoms with E-state index in [1.165, 1.54) is 0 Å². The van der Waals surface area contributed by atoms with Crippen LogP contribution in [0.1, 0.15) is 19.9 Å². The highest BCUT2D eigenvalue weighted by Crippen LogP contribution is 2.23. The van der Waals surface area contributed by atoms with Crippen LogP contribution in [0, 0.1) is 12.5 Å². The summed E-state index contributed by atoms with van der Waals surface area (Å²) in [5.74, 6) is 0.324. The molecule has 0 unspecified atom stereocenters. The zero-order chi connectivity index (χ0) is 11.7. The zero-order valence-corrected chi connectivity index (χ0v) is 9.01. The van der Waals surface area contributed by atoms with E-state index in [0.29, 0.717) is 11.2 Å². The summed E-state index contributed by atoms with van der Waals surface area (Å²) < 4.78 is 6.79. The number of anilines is 1. The summed E-state index contributed by atoms with van der Waals surface area (Å²) in [4.78, 5) is 12.2. The Morgan fingerprint density at radius 3 is 2.88 bits per heavy atom. The van der Waals surface area contributed by atoms with E-state index in [1.54, 1.807) is 6.33 Å². The molecular formula is C10H11N5O. The minimum absolute atomic E-state index is 0.111. The van der Waals surface area contributed by atoms with Crippen molar-refractivity contribution in [2.75, 3.05) is 5.73 Å². The smallest absolute Gasteiger partial charge is 0.263 e. The summed E-state index contributed by atoms with van der Waals surface area (Å²) >= 11 is 0. The van der Waals surface area contributed by atoms with Crippen molar-refractivity contribution in [2.24, 2.45) is 0 Å². The average Bonchev–Trinajstić information content (AvgIpc) is 2.61. The van der Waals surface area contributed by atoms with Gasteiger partial charge in [-0.1, -0.05) is 6.42 Å². The number of nitrogens with two attached hydrogens (primary N) is 1. The molecule has 0 fully saturated rings. The van der Waals surface area contributed by atoms with Gasteiger partial charge in [-0.25, -0.2) is 4.98 Å². The van der Waals surface area contributed by atoms with Crippen LogP contribution in [-0.2, 0) is 0 Å². The second-order valence-corrected chi connectivity index (χ2v) is 3.52. The van der Waals surface area contributed by atoms with Gasteiger partial charge in [-0.05, 0) is 13.8 Å². The third-order valence-electron chi connectivity index (χ3n) is 2.12. The van der Waals surface area contributed by atoms with Crippen molar-refractivity contribution in [1.29, 1.82) is 0 Å². The first-order chi connectivity index (χ1) is 7.63. The van der Waals surface area contributed by atoms with Crippen molar-refractivity contribution in [3.05, 3.63) is 6.33 Å². The normalized spacial score (nSPS) is 10.6. The molecule has 2 rings (SSSR count). The monoisotopic (exact) mass is 217 g/mol. The predicted molar refractivity (Wildman–Crippen MR) is 59.6 cm³/mol. The highest BCUT2D eigenvalue weighted by atomic mass is 16.5. The predicted octanol–water partition coefficient (Wildman–Crippen LogP) is 0.959. The van der Waals surface area contributed by atoms with Crippen molar-refractivity contribution in [3.63, 3.8) is 0 Å². The van der Waals surface area contributed by atoms with Gasteiger partial charge in [0.15, 0.2) is 11.2 Å². The molecule has 2 aromatic heterocycles. The van der Waals surface area contributed by atoms with Crippen molar-refractivity contribution in [2.45, 2.75) is 19.9 Å². The Kier molecular flexibility index (Phi) is 2.37. The Morgan fingerprint density at radius 2 is 2.25 bits per heavy atom. The largest absolute Gasteiger partial charge is 0.385 e. The first-order valence-corrected chi connectivity index (χ1v) is 4.76. The number of rotatable bonds is 2. The molecule has 82 valence electrons. The van der Waals surface area contributed by atoms with Crippen LogP contribution in [0.25, 0.3) is 11.2 Å². The third kappa shape index (κ3) is 1.52. The molecule has 2 aromatic rings. The molecule has 6 nitrogen and oxygen atoms in total. The number of nitrogen functional groups attached to an aromatic ring is 1. The molecule has 16 heavy (non-hydrogen) atoms. The lowest BCUT2D eigenvalue weighted by Gasteiger charge is -2.07. The molecule has 0 amide bonds. The minimum Gasteiger partial charge on any atom is -0.385 e. The van der Waals surface area contributed by atoms with E-state index in [9.17, 15) is 0 Å². The fraction of sp³-hybridized carbons (Fsp3) is 0.300. The molecule has 0 bridgehead atoms. The highest BCUT2D eigenvalue weighted by molar-refractivity contribution is 5.77. The lowest BCUT2D eigenvalue weighted by atomic mass is 10.4. The molecule has 2 N–H and O–H groups in total. The summed E-state index contributed by atoms with van der Waals surface area (Å²) in [7, 11) is 0.